The van der Waals surface area contributed by atoms with Gasteiger partial charge in [-0.1, -0.05) is 5.21 Å². The first kappa shape index (κ1) is 15.6. The minimum Gasteiger partial charge on any atom is -0.481 e. The molecule has 0 saturated heterocycles. The summed E-state index contributed by atoms with van der Waals surface area (Å²) in [7, 11) is 0. The van der Waals surface area contributed by atoms with Gasteiger partial charge in [-0.2, -0.15) is 0 Å². The molecule has 0 spiro atoms. The Bertz CT molecular complexity index is 500. The summed E-state index contributed by atoms with van der Waals surface area (Å²) in [5.41, 5.74) is 5.26. The van der Waals surface area contributed by atoms with E-state index in [1.165, 1.54) is 10.9 Å². The van der Waals surface area contributed by atoms with Crippen molar-refractivity contribution in [2.75, 3.05) is 6.54 Å². The zero-order valence-corrected chi connectivity index (χ0v) is 10.5. The number of carboxylic acid groups (broad SMARTS) is 2. The molecular formula is C10H15N5O5. The monoisotopic (exact) mass is 285 g/mol. The summed E-state index contributed by atoms with van der Waals surface area (Å²) in [6.07, 6.45) is 0.753. The summed E-state index contributed by atoms with van der Waals surface area (Å²) in [6, 6.07) is -1.29. The molecule has 1 atom stereocenters. The quantitative estimate of drug-likeness (QED) is 0.438. The molecule has 10 nitrogen and oxygen atoms in total. The summed E-state index contributed by atoms with van der Waals surface area (Å²) < 4.78 is 1.35. The normalized spacial score (nSPS) is 11.8. The second-order valence-electron chi connectivity index (χ2n) is 3.95. The molecule has 1 amide bonds. The van der Waals surface area contributed by atoms with Crippen LogP contribution in [0.2, 0.25) is 0 Å². The lowest BCUT2D eigenvalue weighted by Crippen LogP contribution is -2.41. The number of carbonyl (C=O) groups is 3. The molecule has 0 aliphatic carbocycles. The topological polar surface area (TPSA) is 160 Å². The van der Waals surface area contributed by atoms with Crippen molar-refractivity contribution >= 4 is 17.8 Å². The van der Waals surface area contributed by atoms with E-state index in [4.69, 9.17) is 15.9 Å². The molecule has 0 radical (unpaired) electrons. The van der Waals surface area contributed by atoms with E-state index in [0.29, 0.717) is 13.1 Å². The average Bonchev–Trinajstić information content (AvgIpc) is 2.82. The van der Waals surface area contributed by atoms with Crippen LogP contribution in [0.3, 0.4) is 0 Å². The van der Waals surface area contributed by atoms with Crippen molar-refractivity contribution in [2.45, 2.75) is 25.4 Å². The van der Waals surface area contributed by atoms with Crippen LogP contribution in [0.5, 0.6) is 0 Å². The van der Waals surface area contributed by atoms with Gasteiger partial charge in [0.2, 0.25) is 0 Å². The van der Waals surface area contributed by atoms with Crippen LogP contribution in [0.4, 0.5) is 0 Å². The van der Waals surface area contributed by atoms with E-state index in [-0.39, 0.29) is 18.5 Å². The highest BCUT2D eigenvalue weighted by atomic mass is 16.4. The molecule has 1 rings (SSSR count). The largest absolute Gasteiger partial charge is 0.481 e. The first-order valence-corrected chi connectivity index (χ1v) is 5.79. The fourth-order valence-corrected chi connectivity index (χ4v) is 1.40. The maximum absolute atomic E-state index is 11.8. The first-order chi connectivity index (χ1) is 9.43. The Morgan fingerprint density at radius 3 is 2.65 bits per heavy atom. The van der Waals surface area contributed by atoms with Crippen LogP contribution in [0, 0.1) is 0 Å². The number of nitrogens with zero attached hydrogens (tertiary/aromatic N) is 3. The van der Waals surface area contributed by atoms with E-state index in [0.717, 1.165) is 0 Å². The van der Waals surface area contributed by atoms with E-state index < -0.39 is 23.9 Å². The molecule has 1 aromatic heterocycles. The van der Waals surface area contributed by atoms with E-state index in [9.17, 15) is 14.4 Å². The first-order valence-electron chi connectivity index (χ1n) is 5.79. The molecular weight excluding hydrogens is 270 g/mol. The summed E-state index contributed by atoms with van der Waals surface area (Å²) in [4.78, 5) is 33.1. The molecule has 10 heteroatoms. The maximum Gasteiger partial charge on any atom is 0.326 e. The van der Waals surface area contributed by atoms with Gasteiger partial charge in [-0.15, -0.1) is 5.10 Å². The Hall–Kier alpha value is -2.49. The Balaban J connectivity index is 2.64. The van der Waals surface area contributed by atoms with Gasteiger partial charge in [0.1, 0.15) is 6.04 Å². The van der Waals surface area contributed by atoms with Crippen LogP contribution in [0.15, 0.2) is 6.20 Å². The lowest BCUT2D eigenvalue weighted by molar-refractivity contribution is -0.140. The third-order valence-corrected chi connectivity index (χ3v) is 2.38. The van der Waals surface area contributed by atoms with Crippen molar-refractivity contribution in [2.24, 2.45) is 5.73 Å². The lowest BCUT2D eigenvalue weighted by atomic mass is 10.1. The molecule has 5 N–H and O–H groups in total. The SMILES string of the molecule is NCCn1cc(C(=O)N[C@@H](CCC(=O)O)C(=O)O)nn1. The van der Waals surface area contributed by atoms with Crippen molar-refractivity contribution in [3.63, 3.8) is 0 Å². The molecule has 1 heterocycles. The number of aromatic nitrogens is 3. The van der Waals surface area contributed by atoms with Gasteiger partial charge in [-0.3, -0.25) is 14.3 Å². The Morgan fingerprint density at radius 1 is 1.40 bits per heavy atom. The van der Waals surface area contributed by atoms with Crippen LogP contribution in [-0.2, 0) is 16.1 Å². The third kappa shape index (κ3) is 4.65. The Labute approximate surface area is 113 Å². The number of hydrogen-bond acceptors (Lipinski definition) is 6. The third-order valence-electron chi connectivity index (χ3n) is 2.38. The van der Waals surface area contributed by atoms with Gasteiger partial charge < -0.3 is 21.3 Å². The Kier molecular flexibility index (Phi) is 5.59. The van der Waals surface area contributed by atoms with Crippen molar-refractivity contribution in [3.8, 4) is 0 Å². The summed E-state index contributed by atoms with van der Waals surface area (Å²) >= 11 is 0. The second kappa shape index (κ2) is 7.19. The molecule has 1 aromatic rings. The number of amides is 1. The van der Waals surface area contributed by atoms with Crippen molar-refractivity contribution < 1.29 is 24.6 Å². The highest BCUT2D eigenvalue weighted by Gasteiger charge is 2.22. The van der Waals surface area contributed by atoms with Gasteiger partial charge in [0, 0.05) is 13.0 Å². The smallest absolute Gasteiger partial charge is 0.326 e. The minimum atomic E-state index is -1.31. The van der Waals surface area contributed by atoms with E-state index >= 15 is 0 Å². The molecule has 0 saturated carbocycles. The van der Waals surface area contributed by atoms with E-state index in [2.05, 4.69) is 15.6 Å². The van der Waals surface area contributed by atoms with Crippen molar-refractivity contribution in [1.82, 2.24) is 20.3 Å². The number of aliphatic carboxylic acids is 2. The number of carbonyl (C=O) groups excluding carboxylic acids is 1. The van der Waals surface area contributed by atoms with Crippen LogP contribution >= 0.6 is 0 Å². The van der Waals surface area contributed by atoms with Crippen LogP contribution in [0.25, 0.3) is 0 Å². The van der Waals surface area contributed by atoms with Crippen LogP contribution in [-0.4, -0.2) is 55.6 Å². The molecule has 110 valence electrons. The zero-order chi connectivity index (χ0) is 15.1. The summed E-state index contributed by atoms with van der Waals surface area (Å²) in [5.74, 6) is -3.18. The molecule has 0 aliphatic heterocycles. The Morgan fingerprint density at radius 2 is 2.10 bits per heavy atom. The van der Waals surface area contributed by atoms with Crippen molar-refractivity contribution in [1.29, 1.82) is 0 Å². The van der Waals surface area contributed by atoms with Gasteiger partial charge in [0.25, 0.3) is 5.91 Å². The molecule has 0 aromatic carbocycles. The summed E-state index contributed by atoms with van der Waals surface area (Å²) in [6.45, 7) is 0.697. The van der Waals surface area contributed by atoms with Crippen LogP contribution in [0.1, 0.15) is 23.3 Å². The number of nitrogens with one attached hydrogen (secondary N) is 1. The fourth-order valence-electron chi connectivity index (χ4n) is 1.40. The predicted octanol–water partition coefficient (Wildman–Crippen LogP) is -1.72. The number of rotatable bonds is 8. The minimum absolute atomic E-state index is 0.0555. The predicted molar refractivity (Wildman–Crippen MR) is 64.8 cm³/mol. The van der Waals surface area contributed by atoms with Gasteiger partial charge >= 0.3 is 11.9 Å². The molecule has 0 bridgehead atoms. The standard InChI is InChI=1S/C10H15N5O5/c11-3-4-15-5-7(13-14-15)9(18)12-6(10(19)20)1-2-8(16)17/h5-6H,1-4,11H2,(H,12,18)(H,16,17)(H,19,20)/t6-/m0/s1. The number of carboxylic acids is 2. The second-order valence-corrected chi connectivity index (χ2v) is 3.95. The molecule has 0 unspecified atom stereocenters. The van der Waals surface area contributed by atoms with Gasteiger partial charge in [-0.25, -0.2) is 4.79 Å². The lowest BCUT2D eigenvalue weighted by Gasteiger charge is -2.11. The number of hydrogen-bond donors (Lipinski definition) is 4. The highest BCUT2D eigenvalue weighted by molar-refractivity contribution is 5.94. The number of nitrogens with two attached hydrogens (primary N) is 1. The highest BCUT2D eigenvalue weighted by Crippen LogP contribution is 2.01. The van der Waals surface area contributed by atoms with Gasteiger partial charge in [0.15, 0.2) is 5.69 Å². The van der Waals surface area contributed by atoms with Gasteiger partial charge in [0.05, 0.1) is 12.7 Å². The van der Waals surface area contributed by atoms with Crippen LogP contribution < -0.4 is 11.1 Å². The molecule has 0 aliphatic rings. The van der Waals surface area contributed by atoms with Gasteiger partial charge in [-0.05, 0) is 6.42 Å². The maximum atomic E-state index is 11.8. The van der Waals surface area contributed by atoms with Crippen molar-refractivity contribution in [3.05, 3.63) is 11.9 Å². The average molecular weight is 285 g/mol. The molecule has 0 fully saturated rings. The fraction of sp³-hybridized carbons (Fsp3) is 0.500. The van der Waals surface area contributed by atoms with E-state index in [1.54, 1.807) is 0 Å². The molecule has 20 heavy (non-hydrogen) atoms. The van der Waals surface area contributed by atoms with E-state index in [1.807, 2.05) is 0 Å². The summed E-state index contributed by atoms with van der Waals surface area (Å²) in [5, 5.41) is 26.8. The zero-order valence-electron chi connectivity index (χ0n) is 10.5.